The minimum absolute atomic E-state index is 0.144. The maximum Gasteiger partial charge on any atom is 0.257 e. The van der Waals surface area contributed by atoms with Crippen LogP contribution in [-0.4, -0.2) is 18.1 Å². The van der Waals surface area contributed by atoms with Gasteiger partial charge in [0, 0.05) is 18.7 Å². The Hall–Kier alpha value is -2.44. The van der Waals surface area contributed by atoms with Gasteiger partial charge in [0.05, 0.1) is 0 Å². The van der Waals surface area contributed by atoms with Crippen LogP contribution in [0.3, 0.4) is 0 Å². The SMILES string of the molecule is CNc1c(F)cc(C(=O)Nc2cc(C)on2)cc1F. The molecule has 1 heterocycles. The highest BCUT2D eigenvalue weighted by molar-refractivity contribution is 6.04. The second kappa shape index (κ2) is 5.05. The molecular weight excluding hydrogens is 256 g/mol. The van der Waals surface area contributed by atoms with Crippen LogP contribution in [0.2, 0.25) is 0 Å². The third kappa shape index (κ3) is 2.70. The number of nitrogens with zero attached hydrogens (tertiary/aromatic N) is 1. The van der Waals surface area contributed by atoms with E-state index >= 15 is 0 Å². The van der Waals surface area contributed by atoms with Gasteiger partial charge in [-0.3, -0.25) is 4.79 Å². The minimum Gasteiger partial charge on any atom is -0.383 e. The van der Waals surface area contributed by atoms with Gasteiger partial charge in [-0.1, -0.05) is 5.16 Å². The van der Waals surface area contributed by atoms with Gasteiger partial charge in [0.25, 0.3) is 5.91 Å². The zero-order valence-electron chi connectivity index (χ0n) is 10.3. The van der Waals surface area contributed by atoms with Crippen molar-refractivity contribution < 1.29 is 18.1 Å². The van der Waals surface area contributed by atoms with Crippen LogP contribution >= 0.6 is 0 Å². The number of halogens is 2. The van der Waals surface area contributed by atoms with Gasteiger partial charge < -0.3 is 15.2 Å². The fourth-order valence-electron chi connectivity index (χ4n) is 1.56. The molecule has 0 fully saturated rings. The number of rotatable bonds is 3. The molecule has 0 radical (unpaired) electrons. The van der Waals surface area contributed by atoms with Crippen molar-refractivity contribution in [3.8, 4) is 0 Å². The molecule has 0 aliphatic rings. The lowest BCUT2D eigenvalue weighted by Crippen LogP contribution is -2.13. The van der Waals surface area contributed by atoms with E-state index in [1.807, 2.05) is 0 Å². The van der Waals surface area contributed by atoms with Crippen molar-refractivity contribution in [3.63, 3.8) is 0 Å². The van der Waals surface area contributed by atoms with Gasteiger partial charge in [0.15, 0.2) is 5.82 Å². The van der Waals surface area contributed by atoms with Crippen molar-refractivity contribution in [2.75, 3.05) is 17.7 Å². The molecule has 19 heavy (non-hydrogen) atoms. The number of aryl methyl sites for hydroxylation is 1. The molecule has 0 saturated heterocycles. The summed E-state index contributed by atoms with van der Waals surface area (Å²) < 4.78 is 31.8. The standard InChI is InChI=1S/C12H11F2N3O2/c1-6-3-10(17-19-6)16-12(18)7-4-8(13)11(15-2)9(14)5-7/h3-5,15H,1-2H3,(H,16,17,18). The van der Waals surface area contributed by atoms with Gasteiger partial charge in [0.1, 0.15) is 23.1 Å². The molecule has 0 unspecified atom stereocenters. The van der Waals surface area contributed by atoms with Gasteiger partial charge in [0.2, 0.25) is 0 Å². The highest BCUT2D eigenvalue weighted by atomic mass is 19.1. The average Bonchev–Trinajstić information content (AvgIpc) is 2.74. The predicted molar refractivity (Wildman–Crippen MR) is 65.1 cm³/mol. The minimum atomic E-state index is -0.844. The molecule has 2 rings (SSSR count). The lowest BCUT2D eigenvalue weighted by atomic mass is 10.1. The maximum atomic E-state index is 13.5. The summed E-state index contributed by atoms with van der Waals surface area (Å²) in [7, 11) is 1.39. The fourth-order valence-corrected chi connectivity index (χ4v) is 1.56. The van der Waals surface area contributed by atoms with E-state index in [0.717, 1.165) is 12.1 Å². The monoisotopic (exact) mass is 267 g/mol. The lowest BCUT2D eigenvalue weighted by Gasteiger charge is -2.07. The summed E-state index contributed by atoms with van der Waals surface area (Å²) in [5.41, 5.74) is -0.427. The van der Waals surface area contributed by atoms with E-state index in [0.29, 0.717) is 5.76 Å². The van der Waals surface area contributed by atoms with Crippen molar-refractivity contribution in [1.82, 2.24) is 5.16 Å². The number of amides is 1. The number of nitrogens with one attached hydrogen (secondary N) is 2. The lowest BCUT2D eigenvalue weighted by molar-refractivity contribution is 0.102. The summed E-state index contributed by atoms with van der Waals surface area (Å²) in [6.07, 6.45) is 0. The molecule has 1 amide bonds. The number of aromatic nitrogens is 1. The highest BCUT2D eigenvalue weighted by Crippen LogP contribution is 2.20. The molecule has 5 nitrogen and oxygen atoms in total. The fraction of sp³-hybridized carbons (Fsp3) is 0.167. The number of carbonyl (C=O) groups is 1. The van der Waals surface area contributed by atoms with E-state index in [1.54, 1.807) is 6.92 Å². The Morgan fingerprint density at radius 3 is 2.37 bits per heavy atom. The van der Waals surface area contributed by atoms with E-state index in [9.17, 15) is 13.6 Å². The summed E-state index contributed by atoms with van der Waals surface area (Å²) in [5, 5.41) is 8.30. The molecule has 0 aliphatic heterocycles. The predicted octanol–water partition coefficient (Wildman–Crippen LogP) is 2.56. The first-order chi connectivity index (χ1) is 9.01. The van der Waals surface area contributed by atoms with E-state index in [1.165, 1.54) is 13.1 Å². The number of hydrogen-bond acceptors (Lipinski definition) is 4. The molecule has 0 bridgehead atoms. The molecule has 1 aromatic carbocycles. The zero-order chi connectivity index (χ0) is 14.0. The largest absolute Gasteiger partial charge is 0.383 e. The van der Waals surface area contributed by atoms with Crippen molar-refractivity contribution in [3.05, 3.63) is 41.2 Å². The number of hydrogen-bond donors (Lipinski definition) is 2. The molecule has 0 atom stereocenters. The Bertz CT molecular complexity index is 602. The van der Waals surface area contributed by atoms with Gasteiger partial charge in [-0.05, 0) is 19.1 Å². The Labute approximate surface area is 107 Å². The van der Waals surface area contributed by atoms with Crippen molar-refractivity contribution in [1.29, 1.82) is 0 Å². The first kappa shape index (κ1) is 13.0. The molecule has 100 valence electrons. The first-order valence-corrected chi connectivity index (χ1v) is 5.42. The van der Waals surface area contributed by atoms with E-state index in [4.69, 9.17) is 4.52 Å². The summed E-state index contributed by atoms with van der Waals surface area (Å²) in [6.45, 7) is 1.66. The van der Waals surface area contributed by atoms with E-state index in [2.05, 4.69) is 15.8 Å². The first-order valence-electron chi connectivity index (χ1n) is 5.42. The molecular formula is C12H11F2N3O2. The van der Waals surface area contributed by atoms with E-state index < -0.39 is 17.5 Å². The summed E-state index contributed by atoms with van der Waals surface area (Å²) >= 11 is 0. The van der Waals surface area contributed by atoms with Gasteiger partial charge >= 0.3 is 0 Å². The molecule has 1 aromatic heterocycles. The maximum absolute atomic E-state index is 13.5. The second-order valence-electron chi connectivity index (χ2n) is 3.84. The molecule has 0 spiro atoms. The van der Waals surface area contributed by atoms with Gasteiger partial charge in [-0.25, -0.2) is 8.78 Å². The Balaban J connectivity index is 2.24. The van der Waals surface area contributed by atoms with Crippen LogP contribution in [0.1, 0.15) is 16.1 Å². The summed E-state index contributed by atoms with van der Waals surface area (Å²) in [5.74, 6) is -1.67. The van der Waals surface area contributed by atoms with Crippen molar-refractivity contribution >= 4 is 17.4 Å². The Morgan fingerprint density at radius 1 is 1.26 bits per heavy atom. The number of anilines is 2. The van der Waals surface area contributed by atoms with Crippen LogP contribution in [0.25, 0.3) is 0 Å². The summed E-state index contributed by atoms with van der Waals surface area (Å²) in [6, 6.07) is 3.38. The quantitative estimate of drug-likeness (QED) is 0.896. The smallest absolute Gasteiger partial charge is 0.257 e. The Morgan fingerprint density at radius 2 is 1.89 bits per heavy atom. The third-order valence-corrected chi connectivity index (χ3v) is 2.42. The molecule has 0 aliphatic carbocycles. The van der Waals surface area contributed by atoms with E-state index in [-0.39, 0.29) is 17.1 Å². The van der Waals surface area contributed by atoms with Crippen LogP contribution in [0.5, 0.6) is 0 Å². The normalized spacial score (nSPS) is 10.3. The number of carbonyl (C=O) groups excluding carboxylic acids is 1. The van der Waals surface area contributed by atoms with Crippen LogP contribution < -0.4 is 10.6 Å². The van der Waals surface area contributed by atoms with Crippen LogP contribution in [0, 0.1) is 18.6 Å². The van der Waals surface area contributed by atoms with Crippen molar-refractivity contribution in [2.24, 2.45) is 0 Å². The molecule has 0 saturated carbocycles. The number of benzene rings is 1. The third-order valence-electron chi connectivity index (χ3n) is 2.42. The van der Waals surface area contributed by atoms with Crippen molar-refractivity contribution in [2.45, 2.75) is 6.92 Å². The van der Waals surface area contributed by atoms with Crippen LogP contribution in [0.4, 0.5) is 20.3 Å². The van der Waals surface area contributed by atoms with Gasteiger partial charge in [-0.15, -0.1) is 0 Å². The summed E-state index contributed by atoms with van der Waals surface area (Å²) in [4.78, 5) is 11.8. The van der Waals surface area contributed by atoms with Crippen LogP contribution in [-0.2, 0) is 0 Å². The second-order valence-corrected chi connectivity index (χ2v) is 3.84. The molecule has 2 aromatic rings. The average molecular weight is 267 g/mol. The van der Waals surface area contributed by atoms with Gasteiger partial charge in [-0.2, -0.15) is 0 Å². The molecule has 7 heteroatoms. The topological polar surface area (TPSA) is 67.2 Å². The molecule has 2 N–H and O–H groups in total. The Kier molecular flexibility index (Phi) is 3.46. The zero-order valence-corrected chi connectivity index (χ0v) is 10.3. The highest BCUT2D eigenvalue weighted by Gasteiger charge is 2.15. The van der Waals surface area contributed by atoms with Crippen LogP contribution in [0.15, 0.2) is 22.7 Å².